The van der Waals surface area contributed by atoms with Gasteiger partial charge in [-0.2, -0.15) is 0 Å². The van der Waals surface area contributed by atoms with Gasteiger partial charge in [0.05, 0.1) is 11.2 Å². The van der Waals surface area contributed by atoms with Crippen molar-refractivity contribution in [3.63, 3.8) is 0 Å². The Hall–Kier alpha value is -3.31. The standard InChI is InChI=1S/C27H27N3O2/c1-28-23-12-14-29-13-5-8-24(29)27(23)22-10-9-20(16-25(22)28)30-15-11-21(17-26(30)31)32-18-19-6-3-2-4-7-19/h2-4,6-7,9-11,15-17,24H,5,8,12-14,18H2,1H3. The Labute approximate surface area is 187 Å². The van der Waals surface area contributed by atoms with E-state index in [1.54, 1.807) is 10.6 Å². The lowest BCUT2D eigenvalue weighted by Crippen LogP contribution is -2.31. The number of ether oxygens (including phenoxy) is 1. The summed E-state index contributed by atoms with van der Waals surface area (Å²) in [5.41, 5.74) is 6.05. The van der Waals surface area contributed by atoms with Crippen LogP contribution in [0.5, 0.6) is 5.75 Å². The van der Waals surface area contributed by atoms with E-state index in [1.807, 2.05) is 42.6 Å². The maximum Gasteiger partial charge on any atom is 0.258 e. The van der Waals surface area contributed by atoms with Gasteiger partial charge in [-0.05, 0) is 48.7 Å². The Morgan fingerprint density at radius 3 is 2.75 bits per heavy atom. The van der Waals surface area contributed by atoms with Gasteiger partial charge in [-0.25, -0.2) is 0 Å². The lowest BCUT2D eigenvalue weighted by atomic mass is 9.96. The Kier molecular flexibility index (Phi) is 4.65. The molecule has 1 atom stereocenters. The molecule has 0 aliphatic carbocycles. The summed E-state index contributed by atoms with van der Waals surface area (Å²) >= 11 is 0. The molecule has 5 nitrogen and oxygen atoms in total. The molecule has 1 unspecified atom stereocenters. The highest BCUT2D eigenvalue weighted by Gasteiger charge is 2.34. The fourth-order valence-corrected chi connectivity index (χ4v) is 5.51. The molecule has 2 aliphatic heterocycles. The summed E-state index contributed by atoms with van der Waals surface area (Å²) in [5.74, 6) is 0.590. The van der Waals surface area contributed by atoms with Crippen LogP contribution in [0, 0.1) is 0 Å². The molecule has 0 amide bonds. The van der Waals surface area contributed by atoms with E-state index >= 15 is 0 Å². The number of aromatic nitrogens is 2. The minimum Gasteiger partial charge on any atom is -0.489 e. The number of rotatable bonds is 4. The molecule has 1 saturated heterocycles. The molecule has 4 aromatic rings. The molecular weight excluding hydrogens is 398 g/mol. The molecule has 1 fully saturated rings. The van der Waals surface area contributed by atoms with Crippen molar-refractivity contribution in [2.24, 2.45) is 7.05 Å². The zero-order chi connectivity index (χ0) is 21.7. The van der Waals surface area contributed by atoms with Crippen molar-refractivity contribution in [2.45, 2.75) is 31.9 Å². The third-order valence-electron chi connectivity index (χ3n) is 7.10. The molecule has 0 saturated carbocycles. The summed E-state index contributed by atoms with van der Waals surface area (Å²) in [6.07, 6.45) is 5.44. The first-order valence-corrected chi connectivity index (χ1v) is 11.4. The summed E-state index contributed by atoms with van der Waals surface area (Å²) in [6, 6.07) is 20.4. The third-order valence-corrected chi connectivity index (χ3v) is 7.10. The minimum absolute atomic E-state index is 0.0872. The number of nitrogens with zero attached hydrogens (tertiary/aromatic N) is 3. The molecule has 0 spiro atoms. The van der Waals surface area contributed by atoms with E-state index in [0.717, 1.165) is 24.2 Å². The van der Waals surface area contributed by atoms with Gasteiger partial charge in [0.15, 0.2) is 0 Å². The first kappa shape index (κ1) is 19.4. The van der Waals surface area contributed by atoms with Gasteiger partial charge in [0.2, 0.25) is 0 Å². The van der Waals surface area contributed by atoms with Crippen molar-refractivity contribution in [1.82, 2.24) is 14.0 Å². The third kappa shape index (κ3) is 3.16. The largest absolute Gasteiger partial charge is 0.489 e. The zero-order valence-electron chi connectivity index (χ0n) is 18.3. The number of benzene rings is 2. The van der Waals surface area contributed by atoms with E-state index in [2.05, 4.69) is 34.7 Å². The summed E-state index contributed by atoms with van der Waals surface area (Å²) in [7, 11) is 2.17. The van der Waals surface area contributed by atoms with Crippen LogP contribution >= 0.6 is 0 Å². The molecular formula is C27H27N3O2. The van der Waals surface area contributed by atoms with E-state index in [9.17, 15) is 4.79 Å². The smallest absolute Gasteiger partial charge is 0.258 e. The van der Waals surface area contributed by atoms with Crippen LogP contribution < -0.4 is 10.3 Å². The van der Waals surface area contributed by atoms with E-state index in [0.29, 0.717) is 18.4 Å². The van der Waals surface area contributed by atoms with Gasteiger partial charge < -0.3 is 9.30 Å². The first-order chi connectivity index (χ1) is 15.7. The summed E-state index contributed by atoms with van der Waals surface area (Å²) in [5, 5.41) is 1.33. The van der Waals surface area contributed by atoms with Gasteiger partial charge in [0.1, 0.15) is 12.4 Å². The second kappa shape index (κ2) is 7.68. The van der Waals surface area contributed by atoms with Crippen LogP contribution in [0.3, 0.4) is 0 Å². The molecule has 32 heavy (non-hydrogen) atoms. The van der Waals surface area contributed by atoms with E-state index in [-0.39, 0.29) is 5.56 Å². The molecule has 0 N–H and O–H groups in total. The van der Waals surface area contributed by atoms with Crippen LogP contribution in [-0.2, 0) is 20.1 Å². The van der Waals surface area contributed by atoms with Crippen LogP contribution in [0.4, 0.5) is 0 Å². The fourth-order valence-electron chi connectivity index (χ4n) is 5.51. The first-order valence-electron chi connectivity index (χ1n) is 11.4. The molecule has 4 heterocycles. The number of aryl methyl sites for hydroxylation is 1. The predicted octanol–water partition coefficient (Wildman–Crippen LogP) is 4.60. The number of fused-ring (bicyclic) bond motifs is 5. The van der Waals surface area contributed by atoms with Crippen LogP contribution in [0.1, 0.15) is 35.7 Å². The van der Waals surface area contributed by atoms with Gasteiger partial charge in [-0.1, -0.05) is 36.4 Å². The van der Waals surface area contributed by atoms with Crippen molar-refractivity contribution >= 4 is 10.9 Å². The van der Waals surface area contributed by atoms with Crippen LogP contribution in [-0.4, -0.2) is 27.1 Å². The highest BCUT2D eigenvalue weighted by Crippen LogP contribution is 2.42. The molecule has 0 radical (unpaired) electrons. The molecule has 2 aromatic heterocycles. The minimum atomic E-state index is -0.0872. The van der Waals surface area contributed by atoms with E-state index in [4.69, 9.17) is 4.74 Å². The van der Waals surface area contributed by atoms with Crippen molar-refractivity contribution in [3.8, 4) is 11.4 Å². The second-order valence-corrected chi connectivity index (χ2v) is 8.91. The van der Waals surface area contributed by atoms with Crippen molar-refractivity contribution < 1.29 is 4.74 Å². The van der Waals surface area contributed by atoms with Crippen molar-refractivity contribution in [2.75, 3.05) is 13.1 Å². The fraction of sp³-hybridized carbons (Fsp3) is 0.296. The highest BCUT2D eigenvalue weighted by molar-refractivity contribution is 5.88. The van der Waals surface area contributed by atoms with E-state index < -0.39 is 0 Å². The Morgan fingerprint density at radius 2 is 1.91 bits per heavy atom. The molecule has 5 heteroatoms. The lowest BCUT2D eigenvalue weighted by molar-refractivity contribution is 0.242. The quantitative estimate of drug-likeness (QED) is 0.480. The molecule has 0 bridgehead atoms. The van der Waals surface area contributed by atoms with Gasteiger partial charge in [-0.15, -0.1) is 0 Å². The zero-order valence-corrected chi connectivity index (χ0v) is 18.3. The molecule has 6 rings (SSSR count). The van der Waals surface area contributed by atoms with Gasteiger partial charge >= 0.3 is 0 Å². The number of pyridine rings is 1. The average Bonchev–Trinajstić information content (AvgIpc) is 3.41. The Bertz CT molecular complexity index is 1350. The van der Waals surface area contributed by atoms with Crippen LogP contribution in [0.25, 0.3) is 16.6 Å². The number of hydrogen-bond donors (Lipinski definition) is 0. The summed E-state index contributed by atoms with van der Waals surface area (Å²) in [4.78, 5) is 15.5. The van der Waals surface area contributed by atoms with Gasteiger partial charge in [0, 0.05) is 49.4 Å². The van der Waals surface area contributed by atoms with Crippen LogP contribution in [0.2, 0.25) is 0 Å². The molecule has 2 aromatic carbocycles. The SMILES string of the molecule is Cn1c2c(c3ccc(-n4ccc(OCc5ccccc5)cc4=O)cc31)C1CCCN1CC2. The average molecular weight is 426 g/mol. The molecule has 2 aliphatic rings. The monoisotopic (exact) mass is 425 g/mol. The topological polar surface area (TPSA) is 39.4 Å². The summed E-state index contributed by atoms with van der Waals surface area (Å²) in [6.45, 7) is 2.81. The summed E-state index contributed by atoms with van der Waals surface area (Å²) < 4.78 is 9.86. The maximum absolute atomic E-state index is 12.9. The van der Waals surface area contributed by atoms with Gasteiger partial charge in [0.25, 0.3) is 5.56 Å². The normalized spacial score (nSPS) is 18.0. The van der Waals surface area contributed by atoms with Crippen molar-refractivity contribution in [3.05, 3.63) is 94.0 Å². The Balaban J connectivity index is 1.33. The molecule has 162 valence electrons. The Morgan fingerprint density at radius 1 is 1.03 bits per heavy atom. The van der Waals surface area contributed by atoms with E-state index in [1.165, 1.54) is 41.5 Å². The van der Waals surface area contributed by atoms with Gasteiger partial charge in [-0.3, -0.25) is 14.3 Å². The number of hydrogen-bond acceptors (Lipinski definition) is 3. The predicted molar refractivity (Wildman–Crippen MR) is 127 cm³/mol. The van der Waals surface area contributed by atoms with Crippen LogP contribution in [0.15, 0.2) is 71.7 Å². The van der Waals surface area contributed by atoms with Crippen molar-refractivity contribution in [1.29, 1.82) is 0 Å². The maximum atomic E-state index is 12.9. The lowest BCUT2D eigenvalue weighted by Gasteiger charge is -2.30. The second-order valence-electron chi connectivity index (χ2n) is 8.91. The highest BCUT2D eigenvalue weighted by atomic mass is 16.5.